The molecule has 0 spiro atoms. The monoisotopic (exact) mass is 409 g/mol. The minimum absolute atomic E-state index is 0.0694. The zero-order chi connectivity index (χ0) is 19.4. The van der Waals surface area contributed by atoms with E-state index in [1.54, 1.807) is 6.07 Å². The lowest BCUT2D eigenvalue weighted by Crippen LogP contribution is -2.40. The van der Waals surface area contributed by atoms with Crippen LogP contribution in [0.2, 0.25) is 5.02 Å². The maximum absolute atomic E-state index is 12.8. The Bertz CT molecular complexity index is 943. The van der Waals surface area contributed by atoms with Crippen LogP contribution < -0.4 is 10.6 Å². The third-order valence-corrected chi connectivity index (χ3v) is 6.41. The van der Waals surface area contributed by atoms with Crippen molar-refractivity contribution >= 4 is 39.0 Å². The van der Waals surface area contributed by atoms with Crippen molar-refractivity contribution in [2.45, 2.75) is 11.8 Å². The average molecular weight is 410 g/mol. The van der Waals surface area contributed by atoms with Gasteiger partial charge in [0.05, 0.1) is 28.8 Å². The zero-order valence-corrected chi connectivity index (χ0v) is 16.3. The summed E-state index contributed by atoms with van der Waals surface area (Å²) in [7, 11) is -3.68. The molecular weight excluding hydrogens is 390 g/mol. The van der Waals surface area contributed by atoms with Gasteiger partial charge in [-0.25, -0.2) is 13.2 Å². The normalized spacial score (nSPS) is 15.3. The van der Waals surface area contributed by atoms with Gasteiger partial charge in [-0.2, -0.15) is 4.31 Å². The zero-order valence-electron chi connectivity index (χ0n) is 14.7. The fraction of sp³-hybridized carbons (Fsp3) is 0.278. The number of ether oxygens (including phenoxy) is 1. The molecule has 1 saturated heterocycles. The molecule has 2 aromatic rings. The van der Waals surface area contributed by atoms with Gasteiger partial charge >= 0.3 is 6.03 Å². The quantitative estimate of drug-likeness (QED) is 0.810. The second kappa shape index (κ2) is 8.26. The fourth-order valence-electron chi connectivity index (χ4n) is 2.69. The molecular formula is C18H20ClN3O4S. The number of carbonyl (C=O) groups is 1. The molecule has 1 heterocycles. The summed E-state index contributed by atoms with van der Waals surface area (Å²) in [6.07, 6.45) is 0. The van der Waals surface area contributed by atoms with Crippen LogP contribution in [0.25, 0.3) is 0 Å². The van der Waals surface area contributed by atoms with Crippen molar-refractivity contribution in [1.29, 1.82) is 0 Å². The predicted molar refractivity (Wildman–Crippen MR) is 105 cm³/mol. The summed E-state index contributed by atoms with van der Waals surface area (Å²) in [5.41, 5.74) is 1.78. The number of rotatable bonds is 4. The van der Waals surface area contributed by atoms with Gasteiger partial charge in [0.1, 0.15) is 0 Å². The highest BCUT2D eigenvalue weighted by Crippen LogP contribution is 2.27. The summed E-state index contributed by atoms with van der Waals surface area (Å²) in [5, 5.41) is 5.58. The number of para-hydroxylation sites is 1. The van der Waals surface area contributed by atoms with E-state index in [-0.39, 0.29) is 15.6 Å². The number of urea groups is 1. The number of benzene rings is 2. The number of nitrogens with one attached hydrogen (secondary N) is 2. The molecule has 2 N–H and O–H groups in total. The topological polar surface area (TPSA) is 87.7 Å². The van der Waals surface area contributed by atoms with Gasteiger partial charge in [-0.05, 0) is 36.8 Å². The minimum Gasteiger partial charge on any atom is -0.379 e. The maximum Gasteiger partial charge on any atom is 0.323 e. The van der Waals surface area contributed by atoms with E-state index in [0.717, 1.165) is 5.56 Å². The molecule has 144 valence electrons. The van der Waals surface area contributed by atoms with Gasteiger partial charge in [-0.15, -0.1) is 0 Å². The Balaban J connectivity index is 1.79. The van der Waals surface area contributed by atoms with Crippen LogP contribution in [0.5, 0.6) is 0 Å². The largest absolute Gasteiger partial charge is 0.379 e. The first-order chi connectivity index (χ1) is 12.9. The summed E-state index contributed by atoms with van der Waals surface area (Å²) in [6, 6.07) is 11.1. The van der Waals surface area contributed by atoms with E-state index in [1.165, 1.54) is 22.5 Å². The van der Waals surface area contributed by atoms with E-state index < -0.39 is 16.1 Å². The first kappa shape index (κ1) is 19.6. The summed E-state index contributed by atoms with van der Waals surface area (Å²) in [4.78, 5) is 12.4. The van der Waals surface area contributed by atoms with Gasteiger partial charge in [0, 0.05) is 18.8 Å². The van der Waals surface area contributed by atoms with Crippen molar-refractivity contribution in [3.8, 4) is 0 Å². The van der Waals surface area contributed by atoms with Crippen LogP contribution in [0.1, 0.15) is 5.56 Å². The lowest BCUT2D eigenvalue weighted by Gasteiger charge is -2.26. The molecule has 0 saturated carbocycles. The smallest absolute Gasteiger partial charge is 0.323 e. The molecule has 27 heavy (non-hydrogen) atoms. The number of hydrogen-bond acceptors (Lipinski definition) is 4. The Morgan fingerprint density at radius 2 is 1.74 bits per heavy atom. The first-order valence-corrected chi connectivity index (χ1v) is 10.2. The number of halogens is 1. The van der Waals surface area contributed by atoms with Crippen LogP contribution >= 0.6 is 11.6 Å². The number of hydrogen-bond donors (Lipinski definition) is 2. The first-order valence-electron chi connectivity index (χ1n) is 8.39. The molecule has 1 aliphatic rings. The minimum atomic E-state index is -3.68. The van der Waals surface area contributed by atoms with Crippen LogP contribution in [-0.2, 0) is 14.8 Å². The van der Waals surface area contributed by atoms with E-state index in [4.69, 9.17) is 16.3 Å². The third-order valence-electron chi connectivity index (χ3n) is 4.19. The Kier molecular flexibility index (Phi) is 6.01. The van der Waals surface area contributed by atoms with Crippen LogP contribution in [0.3, 0.4) is 0 Å². The number of anilines is 2. The van der Waals surface area contributed by atoms with Gasteiger partial charge in [0.25, 0.3) is 0 Å². The van der Waals surface area contributed by atoms with Crippen molar-refractivity contribution in [2.24, 2.45) is 0 Å². The number of nitrogens with zero attached hydrogens (tertiary/aromatic N) is 1. The number of amides is 2. The Morgan fingerprint density at radius 3 is 2.44 bits per heavy atom. The molecule has 1 fully saturated rings. The van der Waals surface area contributed by atoms with Crippen LogP contribution in [0, 0.1) is 6.92 Å². The summed E-state index contributed by atoms with van der Waals surface area (Å²) in [6.45, 7) is 3.18. The molecule has 1 aliphatic heterocycles. The highest BCUT2D eigenvalue weighted by molar-refractivity contribution is 7.89. The molecule has 9 heteroatoms. The predicted octanol–water partition coefficient (Wildman–Crippen LogP) is 3.31. The maximum atomic E-state index is 12.8. The molecule has 3 rings (SSSR count). The second-order valence-electron chi connectivity index (χ2n) is 6.05. The van der Waals surface area contributed by atoms with Gasteiger partial charge in [0.15, 0.2) is 0 Å². The van der Waals surface area contributed by atoms with Gasteiger partial charge in [-0.1, -0.05) is 29.8 Å². The number of morpholine rings is 1. The molecule has 0 atom stereocenters. The van der Waals surface area contributed by atoms with E-state index in [1.807, 2.05) is 25.1 Å². The van der Waals surface area contributed by atoms with Crippen LogP contribution in [0.15, 0.2) is 47.4 Å². The Morgan fingerprint density at radius 1 is 1.07 bits per heavy atom. The highest BCUT2D eigenvalue weighted by atomic mass is 35.5. The van der Waals surface area contributed by atoms with Crippen molar-refractivity contribution in [3.05, 3.63) is 53.1 Å². The summed E-state index contributed by atoms with van der Waals surface area (Å²) in [5.74, 6) is 0. The van der Waals surface area contributed by atoms with Crippen LogP contribution in [-0.4, -0.2) is 45.1 Å². The van der Waals surface area contributed by atoms with E-state index in [9.17, 15) is 13.2 Å². The van der Waals surface area contributed by atoms with Crippen molar-refractivity contribution < 1.29 is 17.9 Å². The summed E-state index contributed by atoms with van der Waals surface area (Å²) >= 11 is 6.14. The third kappa shape index (κ3) is 4.59. The van der Waals surface area contributed by atoms with Crippen molar-refractivity contribution in [3.63, 3.8) is 0 Å². The Hall–Kier alpha value is -2.13. The van der Waals surface area contributed by atoms with Gasteiger partial charge < -0.3 is 15.4 Å². The second-order valence-corrected chi connectivity index (χ2v) is 8.40. The lowest BCUT2D eigenvalue weighted by molar-refractivity contribution is 0.0730. The standard InChI is InChI=1S/C18H20ClN3O4S/c1-13-4-2-3-5-16(13)20-18(23)21-17-12-14(6-7-15(17)19)27(24,25)22-8-10-26-11-9-22/h2-7,12H,8-11H2,1H3,(H2,20,21,23). The SMILES string of the molecule is Cc1ccccc1NC(=O)Nc1cc(S(=O)(=O)N2CCOCC2)ccc1Cl. The molecule has 7 nitrogen and oxygen atoms in total. The van der Waals surface area contributed by atoms with Crippen molar-refractivity contribution in [2.75, 3.05) is 36.9 Å². The van der Waals surface area contributed by atoms with Gasteiger partial charge in [0.2, 0.25) is 10.0 Å². The van der Waals surface area contributed by atoms with E-state index in [2.05, 4.69) is 10.6 Å². The molecule has 0 radical (unpaired) electrons. The van der Waals surface area contributed by atoms with Crippen LogP contribution in [0.4, 0.5) is 16.2 Å². The van der Waals surface area contributed by atoms with E-state index >= 15 is 0 Å². The number of sulfonamides is 1. The number of aryl methyl sites for hydroxylation is 1. The number of carbonyl (C=O) groups excluding carboxylic acids is 1. The Labute approximate surface area is 163 Å². The highest BCUT2D eigenvalue weighted by Gasteiger charge is 2.27. The lowest BCUT2D eigenvalue weighted by atomic mass is 10.2. The molecule has 0 aromatic heterocycles. The van der Waals surface area contributed by atoms with Crippen molar-refractivity contribution in [1.82, 2.24) is 4.31 Å². The fourth-order valence-corrected chi connectivity index (χ4v) is 4.29. The summed E-state index contributed by atoms with van der Waals surface area (Å²) < 4.78 is 32.1. The van der Waals surface area contributed by atoms with Gasteiger partial charge in [-0.3, -0.25) is 0 Å². The molecule has 2 aromatic carbocycles. The molecule has 0 aliphatic carbocycles. The molecule has 0 unspecified atom stereocenters. The molecule has 2 amide bonds. The average Bonchev–Trinajstić information content (AvgIpc) is 2.66. The molecule has 0 bridgehead atoms. The van der Waals surface area contributed by atoms with E-state index in [0.29, 0.717) is 32.0 Å².